The maximum atomic E-state index is 13.1. The van der Waals surface area contributed by atoms with Crippen LogP contribution in [0.3, 0.4) is 0 Å². The maximum absolute atomic E-state index is 13.1. The molecule has 0 saturated carbocycles. The lowest BCUT2D eigenvalue weighted by atomic mass is 10.2. The van der Waals surface area contributed by atoms with Crippen molar-refractivity contribution in [1.29, 1.82) is 0 Å². The van der Waals surface area contributed by atoms with Crippen LogP contribution in [-0.4, -0.2) is 31.5 Å². The molecule has 0 aliphatic carbocycles. The van der Waals surface area contributed by atoms with Gasteiger partial charge in [-0.2, -0.15) is 0 Å². The van der Waals surface area contributed by atoms with E-state index in [0.29, 0.717) is 22.7 Å². The highest BCUT2D eigenvalue weighted by atomic mass is 19.1. The molecule has 0 saturated heterocycles. The molecule has 0 aliphatic rings. The SMILES string of the molecule is COc1ccc(NC(C)=O)cc1NC(=O)COC(=O)/C=C/c1cccc(F)c1. The molecule has 2 amide bonds. The van der Waals surface area contributed by atoms with E-state index in [0.717, 1.165) is 6.08 Å². The van der Waals surface area contributed by atoms with Crippen molar-refractivity contribution in [3.05, 3.63) is 59.9 Å². The van der Waals surface area contributed by atoms with Crippen LogP contribution in [0.5, 0.6) is 5.75 Å². The van der Waals surface area contributed by atoms with Crippen LogP contribution in [0.4, 0.5) is 15.8 Å². The fourth-order valence-electron chi connectivity index (χ4n) is 2.23. The first-order valence-corrected chi connectivity index (χ1v) is 8.23. The molecular weight excluding hydrogens is 367 g/mol. The van der Waals surface area contributed by atoms with Crippen molar-refractivity contribution >= 4 is 35.2 Å². The molecule has 28 heavy (non-hydrogen) atoms. The molecule has 0 unspecified atom stereocenters. The first-order chi connectivity index (χ1) is 13.4. The Hall–Kier alpha value is -3.68. The molecule has 0 aromatic heterocycles. The third kappa shape index (κ3) is 6.56. The number of hydrogen-bond donors (Lipinski definition) is 2. The summed E-state index contributed by atoms with van der Waals surface area (Å²) < 4.78 is 23.1. The van der Waals surface area contributed by atoms with Gasteiger partial charge in [-0.3, -0.25) is 9.59 Å². The molecule has 146 valence electrons. The Labute approximate surface area is 161 Å². The van der Waals surface area contributed by atoms with E-state index in [1.165, 1.54) is 44.4 Å². The van der Waals surface area contributed by atoms with Gasteiger partial charge in [-0.1, -0.05) is 12.1 Å². The van der Waals surface area contributed by atoms with Gasteiger partial charge in [-0.25, -0.2) is 9.18 Å². The van der Waals surface area contributed by atoms with Crippen LogP contribution >= 0.6 is 0 Å². The van der Waals surface area contributed by atoms with Gasteiger partial charge in [-0.15, -0.1) is 0 Å². The Morgan fingerprint density at radius 1 is 1.11 bits per heavy atom. The summed E-state index contributed by atoms with van der Waals surface area (Å²) in [7, 11) is 1.43. The minimum atomic E-state index is -0.752. The third-order valence-corrected chi connectivity index (χ3v) is 3.40. The molecule has 2 rings (SSSR count). The van der Waals surface area contributed by atoms with Crippen LogP contribution in [0.25, 0.3) is 6.08 Å². The largest absolute Gasteiger partial charge is 0.495 e. The number of rotatable bonds is 7. The summed E-state index contributed by atoms with van der Waals surface area (Å²) in [6, 6.07) is 10.4. The van der Waals surface area contributed by atoms with Gasteiger partial charge in [0.15, 0.2) is 6.61 Å². The average Bonchev–Trinajstić information content (AvgIpc) is 2.64. The lowest BCUT2D eigenvalue weighted by molar-refractivity contribution is -0.142. The predicted molar refractivity (Wildman–Crippen MR) is 102 cm³/mol. The van der Waals surface area contributed by atoms with Gasteiger partial charge >= 0.3 is 5.97 Å². The van der Waals surface area contributed by atoms with Gasteiger partial charge in [0.25, 0.3) is 5.91 Å². The number of carbonyl (C=O) groups is 3. The summed E-state index contributed by atoms with van der Waals surface area (Å²) in [6.07, 6.45) is 2.48. The van der Waals surface area contributed by atoms with E-state index in [-0.39, 0.29) is 5.91 Å². The predicted octanol–water partition coefficient (Wildman–Crippen LogP) is 2.99. The van der Waals surface area contributed by atoms with Gasteiger partial charge < -0.3 is 20.1 Å². The molecule has 2 aromatic rings. The summed E-state index contributed by atoms with van der Waals surface area (Å²) in [5.41, 5.74) is 1.27. The van der Waals surface area contributed by atoms with Gasteiger partial charge in [0.1, 0.15) is 11.6 Å². The zero-order valence-corrected chi connectivity index (χ0v) is 15.3. The second-order valence-corrected chi connectivity index (χ2v) is 5.64. The molecule has 0 radical (unpaired) electrons. The number of benzene rings is 2. The van der Waals surface area contributed by atoms with E-state index >= 15 is 0 Å². The topological polar surface area (TPSA) is 93.7 Å². The quantitative estimate of drug-likeness (QED) is 0.564. The summed E-state index contributed by atoms with van der Waals surface area (Å²) in [4.78, 5) is 34.9. The van der Waals surface area contributed by atoms with Crippen LogP contribution in [0.2, 0.25) is 0 Å². The first kappa shape index (κ1) is 20.6. The molecule has 2 N–H and O–H groups in total. The lowest BCUT2D eigenvalue weighted by Crippen LogP contribution is -2.20. The fraction of sp³-hybridized carbons (Fsp3) is 0.150. The van der Waals surface area contributed by atoms with Crippen molar-refractivity contribution in [2.75, 3.05) is 24.4 Å². The van der Waals surface area contributed by atoms with Crippen molar-refractivity contribution in [3.8, 4) is 5.75 Å². The summed E-state index contributed by atoms with van der Waals surface area (Å²) in [5, 5.41) is 5.13. The second kappa shape index (κ2) is 9.86. The lowest BCUT2D eigenvalue weighted by Gasteiger charge is -2.12. The van der Waals surface area contributed by atoms with Crippen LogP contribution in [0, 0.1) is 5.82 Å². The molecule has 0 aliphatic heterocycles. The number of esters is 1. The first-order valence-electron chi connectivity index (χ1n) is 8.23. The Bertz CT molecular complexity index is 911. The number of hydrogen-bond acceptors (Lipinski definition) is 5. The minimum absolute atomic E-state index is 0.263. The number of methoxy groups -OCH3 is 1. The van der Waals surface area contributed by atoms with Crippen LogP contribution in [0.1, 0.15) is 12.5 Å². The number of carbonyl (C=O) groups excluding carboxylic acids is 3. The van der Waals surface area contributed by atoms with Crippen molar-refractivity contribution < 1.29 is 28.2 Å². The summed E-state index contributed by atoms with van der Waals surface area (Å²) in [5.74, 6) is -1.66. The molecular formula is C20H19FN2O5. The van der Waals surface area contributed by atoms with E-state index in [4.69, 9.17) is 9.47 Å². The molecule has 0 bridgehead atoms. The summed E-state index contributed by atoms with van der Waals surface area (Å²) >= 11 is 0. The molecule has 2 aromatic carbocycles. The Morgan fingerprint density at radius 2 is 1.89 bits per heavy atom. The van der Waals surface area contributed by atoms with Crippen molar-refractivity contribution in [2.24, 2.45) is 0 Å². The van der Waals surface area contributed by atoms with Gasteiger partial charge in [-0.05, 0) is 42.0 Å². The fourth-order valence-corrected chi connectivity index (χ4v) is 2.23. The van der Waals surface area contributed by atoms with Gasteiger partial charge in [0.05, 0.1) is 12.8 Å². The minimum Gasteiger partial charge on any atom is -0.495 e. The number of ether oxygens (including phenoxy) is 2. The van der Waals surface area contributed by atoms with E-state index in [1.807, 2.05) is 0 Å². The highest BCUT2D eigenvalue weighted by Crippen LogP contribution is 2.27. The van der Waals surface area contributed by atoms with Gasteiger partial charge in [0, 0.05) is 18.7 Å². The van der Waals surface area contributed by atoms with E-state index in [1.54, 1.807) is 18.2 Å². The van der Waals surface area contributed by atoms with Gasteiger partial charge in [0.2, 0.25) is 5.91 Å². The third-order valence-electron chi connectivity index (χ3n) is 3.40. The van der Waals surface area contributed by atoms with Crippen molar-refractivity contribution in [2.45, 2.75) is 6.92 Å². The molecule has 0 spiro atoms. The van der Waals surface area contributed by atoms with Crippen LogP contribution < -0.4 is 15.4 Å². The molecule has 0 heterocycles. The summed E-state index contributed by atoms with van der Waals surface area (Å²) in [6.45, 7) is 0.832. The van der Waals surface area contributed by atoms with Crippen LogP contribution in [0.15, 0.2) is 48.5 Å². The molecule has 0 atom stereocenters. The van der Waals surface area contributed by atoms with E-state index in [9.17, 15) is 18.8 Å². The number of nitrogens with one attached hydrogen (secondary N) is 2. The van der Waals surface area contributed by atoms with Crippen LogP contribution in [-0.2, 0) is 19.1 Å². The van der Waals surface area contributed by atoms with E-state index in [2.05, 4.69) is 10.6 Å². The molecule has 7 nitrogen and oxygen atoms in total. The normalized spacial score (nSPS) is 10.4. The number of amides is 2. The highest BCUT2D eigenvalue weighted by Gasteiger charge is 2.11. The highest BCUT2D eigenvalue weighted by molar-refractivity contribution is 5.97. The van der Waals surface area contributed by atoms with E-state index < -0.39 is 24.3 Å². The van der Waals surface area contributed by atoms with Crippen molar-refractivity contribution in [1.82, 2.24) is 0 Å². The molecule has 8 heteroatoms. The zero-order chi connectivity index (χ0) is 20.5. The zero-order valence-electron chi connectivity index (χ0n) is 15.3. The Balaban J connectivity index is 1.92. The number of anilines is 2. The monoisotopic (exact) mass is 386 g/mol. The Kier molecular flexibility index (Phi) is 7.27. The maximum Gasteiger partial charge on any atom is 0.331 e. The smallest absolute Gasteiger partial charge is 0.331 e. The van der Waals surface area contributed by atoms with Crippen molar-refractivity contribution in [3.63, 3.8) is 0 Å². The second-order valence-electron chi connectivity index (χ2n) is 5.64. The number of halogens is 1. The standard InChI is InChI=1S/C20H19FN2O5/c1-13(24)22-16-7-8-18(27-2)17(11-16)23-19(25)12-28-20(26)9-6-14-4-3-5-15(21)10-14/h3-11H,12H2,1-2H3,(H,22,24)(H,23,25)/b9-6+. The molecule has 0 fully saturated rings. The Morgan fingerprint density at radius 3 is 2.57 bits per heavy atom. The average molecular weight is 386 g/mol.